The van der Waals surface area contributed by atoms with E-state index in [4.69, 9.17) is 0 Å². The fourth-order valence-electron chi connectivity index (χ4n) is 1.42. The van der Waals surface area contributed by atoms with Crippen molar-refractivity contribution >= 4 is 5.97 Å². The SMILES string of the molecule is COC(=O)C(O)Cc1ccc(F)cc1C(F)(F)F. The molecule has 0 heterocycles. The second-order valence-corrected chi connectivity index (χ2v) is 3.54. The third-order valence-corrected chi connectivity index (χ3v) is 2.26. The van der Waals surface area contributed by atoms with Gasteiger partial charge in [0.1, 0.15) is 5.82 Å². The van der Waals surface area contributed by atoms with Crippen LogP contribution in [-0.4, -0.2) is 24.3 Å². The van der Waals surface area contributed by atoms with Gasteiger partial charge in [0.2, 0.25) is 0 Å². The Balaban J connectivity index is 3.06. The molecule has 18 heavy (non-hydrogen) atoms. The molecule has 0 saturated heterocycles. The van der Waals surface area contributed by atoms with Gasteiger partial charge in [0, 0.05) is 6.42 Å². The number of methoxy groups -OCH3 is 1. The lowest BCUT2D eigenvalue weighted by atomic mass is 10.0. The molecule has 0 radical (unpaired) electrons. The summed E-state index contributed by atoms with van der Waals surface area (Å²) in [5.41, 5.74) is -1.59. The maximum atomic E-state index is 12.8. The summed E-state index contributed by atoms with van der Waals surface area (Å²) in [4.78, 5) is 10.9. The summed E-state index contributed by atoms with van der Waals surface area (Å²) in [5, 5.41) is 9.29. The van der Waals surface area contributed by atoms with Crippen molar-refractivity contribution in [1.82, 2.24) is 0 Å². The van der Waals surface area contributed by atoms with E-state index in [2.05, 4.69) is 4.74 Å². The predicted octanol–water partition coefficient (Wildman–Crippen LogP) is 1.92. The quantitative estimate of drug-likeness (QED) is 0.671. The van der Waals surface area contributed by atoms with Crippen molar-refractivity contribution in [2.75, 3.05) is 7.11 Å². The van der Waals surface area contributed by atoms with E-state index in [1.54, 1.807) is 0 Å². The zero-order valence-corrected chi connectivity index (χ0v) is 9.29. The number of hydrogen-bond acceptors (Lipinski definition) is 3. The largest absolute Gasteiger partial charge is 0.467 e. The molecule has 0 bridgehead atoms. The Labute approximate surface area is 100.0 Å². The Kier molecular flexibility index (Phi) is 4.28. The lowest BCUT2D eigenvalue weighted by molar-refractivity contribution is -0.151. The van der Waals surface area contributed by atoms with Gasteiger partial charge in [0.15, 0.2) is 6.10 Å². The molecule has 0 aliphatic carbocycles. The number of halogens is 4. The fraction of sp³-hybridized carbons (Fsp3) is 0.364. The molecule has 1 unspecified atom stereocenters. The van der Waals surface area contributed by atoms with E-state index < -0.39 is 36.1 Å². The zero-order valence-electron chi connectivity index (χ0n) is 9.29. The van der Waals surface area contributed by atoms with Crippen molar-refractivity contribution in [1.29, 1.82) is 0 Å². The minimum atomic E-state index is -4.76. The Morgan fingerprint density at radius 2 is 2.06 bits per heavy atom. The van der Waals surface area contributed by atoms with Crippen LogP contribution in [0.15, 0.2) is 18.2 Å². The van der Waals surface area contributed by atoms with Crippen LogP contribution in [-0.2, 0) is 22.1 Å². The molecule has 0 saturated carbocycles. The first-order valence-corrected chi connectivity index (χ1v) is 4.87. The highest BCUT2D eigenvalue weighted by Crippen LogP contribution is 2.33. The molecule has 0 fully saturated rings. The number of alkyl halides is 3. The average Bonchev–Trinajstić information content (AvgIpc) is 2.28. The number of benzene rings is 1. The van der Waals surface area contributed by atoms with Crippen LogP contribution in [0.1, 0.15) is 11.1 Å². The van der Waals surface area contributed by atoms with Crippen molar-refractivity contribution in [2.24, 2.45) is 0 Å². The first-order valence-electron chi connectivity index (χ1n) is 4.87. The van der Waals surface area contributed by atoms with Gasteiger partial charge in [-0.25, -0.2) is 9.18 Å². The summed E-state index contributed by atoms with van der Waals surface area (Å²) in [7, 11) is 1.00. The van der Waals surface area contributed by atoms with Gasteiger partial charge in [-0.15, -0.1) is 0 Å². The molecule has 3 nitrogen and oxygen atoms in total. The van der Waals surface area contributed by atoms with Crippen LogP contribution in [0.2, 0.25) is 0 Å². The molecule has 100 valence electrons. The van der Waals surface area contributed by atoms with Gasteiger partial charge >= 0.3 is 12.1 Å². The van der Waals surface area contributed by atoms with Gasteiger partial charge in [-0.05, 0) is 17.7 Å². The molecule has 1 aromatic rings. The van der Waals surface area contributed by atoms with E-state index in [0.717, 1.165) is 19.2 Å². The van der Waals surface area contributed by atoms with E-state index in [9.17, 15) is 27.5 Å². The number of aliphatic hydroxyl groups is 1. The van der Waals surface area contributed by atoms with E-state index in [0.29, 0.717) is 6.07 Å². The Morgan fingerprint density at radius 3 is 2.56 bits per heavy atom. The zero-order chi connectivity index (χ0) is 13.9. The highest BCUT2D eigenvalue weighted by molar-refractivity contribution is 5.74. The number of rotatable bonds is 3. The molecule has 7 heteroatoms. The first kappa shape index (κ1) is 14.4. The van der Waals surface area contributed by atoms with E-state index >= 15 is 0 Å². The summed E-state index contributed by atoms with van der Waals surface area (Å²) < 4.78 is 54.8. The standard InChI is InChI=1S/C11H10F4O3/c1-18-10(17)9(16)4-6-2-3-7(12)5-8(6)11(13,14)15/h2-3,5,9,16H,4H2,1H3. The highest BCUT2D eigenvalue weighted by Gasteiger charge is 2.34. The summed E-state index contributed by atoms with van der Waals surface area (Å²) in [6.07, 6.45) is -7.07. The third kappa shape index (κ3) is 3.43. The molecule has 0 aromatic heterocycles. The summed E-state index contributed by atoms with van der Waals surface area (Å²) >= 11 is 0. The number of carbonyl (C=O) groups excluding carboxylic acids is 1. The predicted molar refractivity (Wildman–Crippen MR) is 53.1 cm³/mol. The van der Waals surface area contributed by atoms with Gasteiger partial charge in [-0.3, -0.25) is 0 Å². The van der Waals surface area contributed by atoms with Crippen LogP contribution < -0.4 is 0 Å². The Hall–Kier alpha value is -1.63. The van der Waals surface area contributed by atoms with Crippen molar-refractivity contribution < 1.29 is 32.2 Å². The molecular weight excluding hydrogens is 256 g/mol. The Morgan fingerprint density at radius 1 is 1.44 bits per heavy atom. The summed E-state index contributed by atoms with van der Waals surface area (Å²) in [6.45, 7) is 0. The molecule has 0 amide bonds. The van der Waals surface area contributed by atoms with E-state index in [-0.39, 0.29) is 5.56 Å². The van der Waals surface area contributed by atoms with Crippen LogP contribution in [0.25, 0.3) is 0 Å². The molecule has 0 spiro atoms. The number of aliphatic hydroxyl groups excluding tert-OH is 1. The smallest absolute Gasteiger partial charge is 0.416 e. The van der Waals surface area contributed by atoms with Crippen molar-refractivity contribution in [2.45, 2.75) is 18.7 Å². The van der Waals surface area contributed by atoms with E-state index in [1.807, 2.05) is 0 Å². The monoisotopic (exact) mass is 266 g/mol. The molecule has 1 atom stereocenters. The Bertz CT molecular complexity index is 442. The number of esters is 1. The number of hydrogen-bond donors (Lipinski definition) is 1. The van der Waals surface area contributed by atoms with Crippen LogP contribution in [0.4, 0.5) is 17.6 Å². The maximum Gasteiger partial charge on any atom is 0.416 e. The molecule has 1 N–H and O–H groups in total. The van der Waals surface area contributed by atoms with Crippen LogP contribution in [0, 0.1) is 5.82 Å². The van der Waals surface area contributed by atoms with E-state index in [1.165, 1.54) is 0 Å². The van der Waals surface area contributed by atoms with Gasteiger partial charge in [-0.2, -0.15) is 13.2 Å². The van der Waals surface area contributed by atoms with Crippen molar-refractivity contribution in [3.63, 3.8) is 0 Å². The molecule has 1 aromatic carbocycles. The lowest BCUT2D eigenvalue weighted by Crippen LogP contribution is -2.25. The second-order valence-electron chi connectivity index (χ2n) is 3.54. The van der Waals surface area contributed by atoms with Gasteiger partial charge in [0.05, 0.1) is 12.7 Å². The van der Waals surface area contributed by atoms with Crippen LogP contribution in [0.3, 0.4) is 0 Å². The highest BCUT2D eigenvalue weighted by atomic mass is 19.4. The molecule has 1 rings (SSSR count). The van der Waals surface area contributed by atoms with Gasteiger partial charge in [0.25, 0.3) is 0 Å². The summed E-state index contributed by atoms with van der Waals surface area (Å²) in [6, 6.07) is 2.03. The van der Waals surface area contributed by atoms with Gasteiger partial charge < -0.3 is 9.84 Å². The minimum absolute atomic E-state index is 0.319. The fourth-order valence-corrected chi connectivity index (χ4v) is 1.42. The second kappa shape index (κ2) is 5.34. The molecular formula is C11H10F4O3. The van der Waals surface area contributed by atoms with Crippen LogP contribution >= 0.6 is 0 Å². The van der Waals surface area contributed by atoms with Crippen molar-refractivity contribution in [3.05, 3.63) is 35.1 Å². The average molecular weight is 266 g/mol. The van der Waals surface area contributed by atoms with Gasteiger partial charge in [-0.1, -0.05) is 6.07 Å². The number of carbonyl (C=O) groups is 1. The number of ether oxygens (including phenoxy) is 1. The van der Waals surface area contributed by atoms with Crippen molar-refractivity contribution in [3.8, 4) is 0 Å². The molecule has 0 aliphatic heterocycles. The summed E-state index contributed by atoms with van der Waals surface area (Å²) in [5.74, 6) is -2.09. The van der Waals surface area contributed by atoms with Crippen LogP contribution in [0.5, 0.6) is 0 Å². The topological polar surface area (TPSA) is 46.5 Å². The first-order chi connectivity index (χ1) is 8.25. The third-order valence-electron chi connectivity index (χ3n) is 2.26. The lowest BCUT2D eigenvalue weighted by Gasteiger charge is -2.14. The minimum Gasteiger partial charge on any atom is -0.467 e. The normalized spacial score (nSPS) is 13.2. The maximum absolute atomic E-state index is 12.8. The molecule has 0 aliphatic rings.